The Kier molecular flexibility index (Phi) is 6.14. The molecular formula is C16H25ClN2O. The quantitative estimate of drug-likeness (QED) is 0.876. The minimum atomic E-state index is 0.503. The van der Waals surface area contributed by atoms with Crippen LogP contribution in [0, 0.1) is 5.92 Å². The fourth-order valence-electron chi connectivity index (χ4n) is 2.93. The molecule has 1 aromatic carbocycles. The molecule has 1 heterocycles. The maximum Gasteiger partial charge on any atom is 0.137 e. The number of hydrogen-bond donors (Lipinski definition) is 1. The summed E-state index contributed by atoms with van der Waals surface area (Å²) < 4.78 is 5.77. The SMILES string of the molecule is CCC1CCN(CCOc2ccccc2Cl)C(CN)C1. The molecular weight excluding hydrogens is 272 g/mol. The zero-order chi connectivity index (χ0) is 14.4. The Morgan fingerprint density at radius 1 is 1.40 bits per heavy atom. The molecule has 1 fully saturated rings. The van der Waals surface area contributed by atoms with Crippen molar-refractivity contribution in [1.29, 1.82) is 0 Å². The van der Waals surface area contributed by atoms with Crippen LogP contribution in [0.4, 0.5) is 0 Å². The summed E-state index contributed by atoms with van der Waals surface area (Å²) in [6.45, 7) is 5.73. The van der Waals surface area contributed by atoms with Crippen LogP contribution in [0.2, 0.25) is 5.02 Å². The van der Waals surface area contributed by atoms with Crippen LogP contribution in [0.15, 0.2) is 24.3 Å². The molecule has 0 radical (unpaired) electrons. The van der Waals surface area contributed by atoms with Gasteiger partial charge in [0.05, 0.1) is 5.02 Å². The molecule has 0 bridgehead atoms. The lowest BCUT2D eigenvalue weighted by molar-refractivity contribution is 0.0970. The highest BCUT2D eigenvalue weighted by Gasteiger charge is 2.26. The van der Waals surface area contributed by atoms with E-state index in [0.29, 0.717) is 17.7 Å². The summed E-state index contributed by atoms with van der Waals surface area (Å²) in [6, 6.07) is 8.12. The summed E-state index contributed by atoms with van der Waals surface area (Å²) >= 11 is 6.08. The zero-order valence-electron chi connectivity index (χ0n) is 12.2. The lowest BCUT2D eigenvalue weighted by Gasteiger charge is -2.38. The van der Waals surface area contributed by atoms with Gasteiger partial charge in [0, 0.05) is 19.1 Å². The van der Waals surface area contributed by atoms with Crippen molar-refractivity contribution >= 4 is 11.6 Å². The molecule has 0 saturated carbocycles. The molecule has 0 aliphatic carbocycles. The maximum atomic E-state index is 6.08. The number of para-hydroxylation sites is 1. The van der Waals surface area contributed by atoms with Gasteiger partial charge in [-0.25, -0.2) is 0 Å². The molecule has 4 heteroatoms. The van der Waals surface area contributed by atoms with E-state index in [4.69, 9.17) is 22.1 Å². The second kappa shape index (κ2) is 7.87. The van der Waals surface area contributed by atoms with Crippen LogP contribution in [0.5, 0.6) is 5.75 Å². The molecule has 2 unspecified atom stereocenters. The Balaban J connectivity index is 1.80. The van der Waals surface area contributed by atoms with Gasteiger partial charge in [0.2, 0.25) is 0 Å². The third kappa shape index (κ3) is 4.11. The van der Waals surface area contributed by atoms with Crippen LogP contribution < -0.4 is 10.5 Å². The van der Waals surface area contributed by atoms with E-state index in [1.807, 2.05) is 24.3 Å². The third-order valence-electron chi connectivity index (χ3n) is 4.27. The van der Waals surface area contributed by atoms with Crippen LogP contribution in [0.3, 0.4) is 0 Å². The second-order valence-electron chi connectivity index (χ2n) is 5.50. The van der Waals surface area contributed by atoms with Gasteiger partial charge in [-0.05, 0) is 37.4 Å². The van der Waals surface area contributed by atoms with Gasteiger partial charge < -0.3 is 10.5 Å². The normalized spacial score (nSPS) is 23.8. The first-order valence-electron chi connectivity index (χ1n) is 7.56. The molecule has 1 aliphatic heterocycles. The molecule has 2 atom stereocenters. The minimum Gasteiger partial charge on any atom is -0.491 e. The molecule has 0 aromatic heterocycles. The first-order chi connectivity index (χ1) is 9.74. The Morgan fingerprint density at radius 3 is 2.90 bits per heavy atom. The van der Waals surface area contributed by atoms with E-state index >= 15 is 0 Å². The average molecular weight is 297 g/mol. The third-order valence-corrected chi connectivity index (χ3v) is 4.58. The predicted octanol–water partition coefficient (Wildman–Crippen LogP) is 3.17. The Labute approximate surface area is 127 Å². The summed E-state index contributed by atoms with van der Waals surface area (Å²) in [7, 11) is 0. The van der Waals surface area contributed by atoms with E-state index in [0.717, 1.165) is 31.3 Å². The van der Waals surface area contributed by atoms with E-state index in [9.17, 15) is 0 Å². The number of likely N-dealkylation sites (tertiary alicyclic amines) is 1. The van der Waals surface area contributed by atoms with Gasteiger partial charge in [0.1, 0.15) is 12.4 Å². The van der Waals surface area contributed by atoms with Crippen molar-refractivity contribution in [2.45, 2.75) is 32.2 Å². The van der Waals surface area contributed by atoms with Crippen molar-refractivity contribution in [3.05, 3.63) is 29.3 Å². The number of rotatable bonds is 6. The molecule has 2 N–H and O–H groups in total. The van der Waals surface area contributed by atoms with Gasteiger partial charge in [0.15, 0.2) is 0 Å². The monoisotopic (exact) mass is 296 g/mol. The predicted molar refractivity (Wildman–Crippen MR) is 84.4 cm³/mol. The van der Waals surface area contributed by atoms with E-state index < -0.39 is 0 Å². The molecule has 2 rings (SSSR count). The molecule has 20 heavy (non-hydrogen) atoms. The lowest BCUT2D eigenvalue weighted by atomic mass is 9.89. The van der Waals surface area contributed by atoms with Crippen molar-refractivity contribution in [2.24, 2.45) is 11.7 Å². The summed E-state index contributed by atoms with van der Waals surface area (Å²) in [5, 5.41) is 0.674. The topological polar surface area (TPSA) is 38.5 Å². The van der Waals surface area contributed by atoms with E-state index in [1.165, 1.54) is 19.3 Å². The van der Waals surface area contributed by atoms with Crippen LogP contribution in [-0.4, -0.2) is 37.2 Å². The first-order valence-corrected chi connectivity index (χ1v) is 7.93. The zero-order valence-corrected chi connectivity index (χ0v) is 13.0. The molecule has 112 valence electrons. The van der Waals surface area contributed by atoms with Crippen molar-refractivity contribution in [1.82, 2.24) is 4.90 Å². The van der Waals surface area contributed by atoms with Crippen molar-refractivity contribution in [3.63, 3.8) is 0 Å². The molecule has 0 amide bonds. The smallest absolute Gasteiger partial charge is 0.137 e. The molecule has 1 aliphatic rings. The van der Waals surface area contributed by atoms with Crippen LogP contribution >= 0.6 is 11.6 Å². The largest absolute Gasteiger partial charge is 0.491 e. The lowest BCUT2D eigenvalue weighted by Crippen LogP contribution is -2.48. The summed E-state index contributed by atoms with van der Waals surface area (Å²) in [5.41, 5.74) is 5.91. The highest BCUT2D eigenvalue weighted by Crippen LogP contribution is 2.25. The summed E-state index contributed by atoms with van der Waals surface area (Å²) in [6.07, 6.45) is 3.76. The molecule has 3 nitrogen and oxygen atoms in total. The fraction of sp³-hybridized carbons (Fsp3) is 0.625. The summed E-state index contributed by atoms with van der Waals surface area (Å²) in [4.78, 5) is 2.46. The maximum absolute atomic E-state index is 6.08. The van der Waals surface area contributed by atoms with Gasteiger partial charge >= 0.3 is 0 Å². The van der Waals surface area contributed by atoms with Gasteiger partial charge in [-0.2, -0.15) is 0 Å². The Hall–Kier alpha value is -0.770. The van der Waals surface area contributed by atoms with Crippen molar-refractivity contribution < 1.29 is 4.74 Å². The van der Waals surface area contributed by atoms with E-state index in [1.54, 1.807) is 0 Å². The molecule has 1 aromatic rings. The van der Waals surface area contributed by atoms with Gasteiger partial charge in [-0.15, -0.1) is 0 Å². The van der Waals surface area contributed by atoms with Gasteiger partial charge in [-0.3, -0.25) is 4.90 Å². The highest BCUT2D eigenvalue weighted by atomic mass is 35.5. The number of ether oxygens (including phenoxy) is 1. The van der Waals surface area contributed by atoms with Gasteiger partial charge in [0.25, 0.3) is 0 Å². The van der Waals surface area contributed by atoms with Crippen molar-refractivity contribution in [3.8, 4) is 5.75 Å². The minimum absolute atomic E-state index is 0.503. The number of nitrogens with two attached hydrogens (primary N) is 1. The summed E-state index contributed by atoms with van der Waals surface area (Å²) in [5.74, 6) is 1.60. The van der Waals surface area contributed by atoms with E-state index in [-0.39, 0.29) is 0 Å². The Morgan fingerprint density at radius 2 is 2.20 bits per heavy atom. The Bertz CT molecular complexity index is 413. The van der Waals surface area contributed by atoms with E-state index in [2.05, 4.69) is 11.8 Å². The first kappa shape index (κ1) is 15.6. The standard InChI is InChI=1S/C16H25ClN2O/c1-2-13-7-8-19(14(11-13)12-18)9-10-20-16-6-4-3-5-15(16)17/h3-6,13-14H,2,7-12,18H2,1H3. The van der Waals surface area contributed by atoms with Crippen LogP contribution in [0.1, 0.15) is 26.2 Å². The average Bonchev–Trinajstić information content (AvgIpc) is 2.49. The van der Waals surface area contributed by atoms with Crippen LogP contribution in [0.25, 0.3) is 0 Å². The van der Waals surface area contributed by atoms with Gasteiger partial charge in [-0.1, -0.05) is 37.1 Å². The van der Waals surface area contributed by atoms with Crippen molar-refractivity contribution in [2.75, 3.05) is 26.2 Å². The number of piperidine rings is 1. The van der Waals surface area contributed by atoms with Crippen LogP contribution in [-0.2, 0) is 0 Å². The second-order valence-corrected chi connectivity index (χ2v) is 5.91. The number of benzene rings is 1. The number of hydrogen-bond acceptors (Lipinski definition) is 3. The molecule has 0 spiro atoms. The molecule has 1 saturated heterocycles. The highest BCUT2D eigenvalue weighted by molar-refractivity contribution is 6.32. The number of halogens is 1. The fourth-order valence-corrected chi connectivity index (χ4v) is 3.12. The number of nitrogens with zero attached hydrogens (tertiary/aromatic N) is 1.